The topological polar surface area (TPSA) is 88.7 Å². The smallest absolute Gasteiger partial charge is 0.262 e. The van der Waals surface area contributed by atoms with E-state index < -0.39 is 0 Å². The fourth-order valence-corrected chi connectivity index (χ4v) is 5.71. The van der Waals surface area contributed by atoms with Crippen LogP contribution in [0.5, 0.6) is 11.5 Å². The van der Waals surface area contributed by atoms with Gasteiger partial charge in [0.1, 0.15) is 11.2 Å². The van der Waals surface area contributed by atoms with Crippen LogP contribution in [0.25, 0.3) is 0 Å². The number of aryl methyl sites for hydroxylation is 1. The standard InChI is InChI=1S/C26H27N3O4S/c1-2-32-20-14-16(12-13-19(20)33-15-22(30)27-17-8-4-3-5-9-17)24-28-25(31)23-18-10-6-7-11-21(18)34-26(23)29-24/h3-5,8-9,12-14,24,29H,2,6-7,10-11,15H2,1H3,(H,27,30)(H,28,31). The van der Waals surface area contributed by atoms with Crippen molar-refractivity contribution in [3.05, 3.63) is 70.1 Å². The molecular formula is C26H27N3O4S. The molecule has 2 amide bonds. The summed E-state index contributed by atoms with van der Waals surface area (Å²) in [5.41, 5.74) is 3.59. The minimum atomic E-state index is -0.366. The van der Waals surface area contributed by atoms with Gasteiger partial charge in [0.15, 0.2) is 18.1 Å². The van der Waals surface area contributed by atoms with Crippen LogP contribution in [0.4, 0.5) is 10.7 Å². The molecule has 0 saturated heterocycles. The highest BCUT2D eigenvalue weighted by Crippen LogP contribution is 2.42. The predicted octanol–water partition coefficient (Wildman–Crippen LogP) is 4.90. The third-order valence-corrected chi connectivity index (χ3v) is 7.19. The van der Waals surface area contributed by atoms with Gasteiger partial charge < -0.3 is 25.4 Å². The van der Waals surface area contributed by atoms with E-state index in [-0.39, 0.29) is 24.6 Å². The molecule has 1 aromatic heterocycles. The maximum absolute atomic E-state index is 13.0. The van der Waals surface area contributed by atoms with Gasteiger partial charge in [0.2, 0.25) is 0 Å². The third-order valence-electron chi connectivity index (χ3n) is 5.97. The minimum Gasteiger partial charge on any atom is -0.490 e. The van der Waals surface area contributed by atoms with E-state index in [9.17, 15) is 9.59 Å². The summed E-state index contributed by atoms with van der Waals surface area (Å²) in [6.45, 7) is 2.20. The number of carbonyl (C=O) groups excluding carboxylic acids is 2. The summed E-state index contributed by atoms with van der Waals surface area (Å²) in [6.07, 6.45) is 3.97. The number of rotatable bonds is 7. The molecule has 1 aliphatic carbocycles. The predicted molar refractivity (Wildman–Crippen MR) is 133 cm³/mol. The number of thiophene rings is 1. The molecule has 0 fully saturated rings. The van der Waals surface area contributed by atoms with Crippen molar-refractivity contribution in [1.82, 2.24) is 5.32 Å². The number of anilines is 2. The quantitative estimate of drug-likeness (QED) is 0.451. The second-order valence-corrected chi connectivity index (χ2v) is 9.41. The van der Waals surface area contributed by atoms with Crippen LogP contribution in [0.1, 0.15) is 52.3 Å². The van der Waals surface area contributed by atoms with Crippen molar-refractivity contribution in [3.63, 3.8) is 0 Å². The van der Waals surface area contributed by atoms with Gasteiger partial charge in [0, 0.05) is 10.6 Å². The van der Waals surface area contributed by atoms with E-state index in [0.717, 1.165) is 35.4 Å². The number of benzene rings is 2. The number of ether oxygens (including phenoxy) is 2. The van der Waals surface area contributed by atoms with Crippen molar-refractivity contribution in [2.24, 2.45) is 0 Å². The highest BCUT2D eigenvalue weighted by Gasteiger charge is 2.32. The van der Waals surface area contributed by atoms with Crippen molar-refractivity contribution in [2.45, 2.75) is 38.8 Å². The van der Waals surface area contributed by atoms with E-state index in [1.807, 2.05) is 49.4 Å². The molecule has 0 bridgehead atoms. The maximum atomic E-state index is 13.0. The van der Waals surface area contributed by atoms with Crippen LogP contribution >= 0.6 is 11.3 Å². The zero-order chi connectivity index (χ0) is 23.5. The molecule has 1 aliphatic heterocycles. The molecule has 5 rings (SSSR count). The van der Waals surface area contributed by atoms with Crippen LogP contribution < -0.4 is 25.4 Å². The van der Waals surface area contributed by atoms with Crippen molar-refractivity contribution in [2.75, 3.05) is 23.8 Å². The molecular weight excluding hydrogens is 450 g/mol. The van der Waals surface area contributed by atoms with E-state index in [2.05, 4.69) is 16.0 Å². The monoisotopic (exact) mass is 477 g/mol. The molecule has 0 radical (unpaired) electrons. The first kappa shape index (κ1) is 22.3. The van der Waals surface area contributed by atoms with Gasteiger partial charge >= 0.3 is 0 Å². The Hall–Kier alpha value is -3.52. The number of amides is 2. The molecule has 1 unspecified atom stereocenters. The normalized spacial score (nSPS) is 16.5. The highest BCUT2D eigenvalue weighted by molar-refractivity contribution is 7.16. The Balaban J connectivity index is 1.30. The van der Waals surface area contributed by atoms with E-state index in [1.54, 1.807) is 17.4 Å². The Labute approximate surface area is 202 Å². The molecule has 7 nitrogen and oxygen atoms in total. The summed E-state index contributed by atoms with van der Waals surface area (Å²) in [5.74, 6) is 0.713. The summed E-state index contributed by atoms with van der Waals surface area (Å²) in [7, 11) is 0. The molecule has 1 atom stereocenters. The Bertz CT molecular complexity index is 1210. The van der Waals surface area contributed by atoms with Crippen LogP contribution in [0, 0.1) is 0 Å². The number of fused-ring (bicyclic) bond motifs is 3. The molecule has 2 heterocycles. The minimum absolute atomic E-state index is 0.0333. The van der Waals surface area contributed by atoms with Crippen LogP contribution in [0.2, 0.25) is 0 Å². The second kappa shape index (κ2) is 9.77. The van der Waals surface area contributed by atoms with Crippen molar-refractivity contribution in [1.29, 1.82) is 0 Å². The van der Waals surface area contributed by atoms with Gasteiger partial charge in [-0.2, -0.15) is 0 Å². The van der Waals surface area contributed by atoms with Gasteiger partial charge in [0.25, 0.3) is 11.8 Å². The van der Waals surface area contributed by atoms with Gasteiger partial charge in [-0.1, -0.05) is 24.3 Å². The van der Waals surface area contributed by atoms with Crippen molar-refractivity contribution >= 4 is 33.8 Å². The molecule has 2 aromatic carbocycles. The summed E-state index contributed by atoms with van der Waals surface area (Å²) in [4.78, 5) is 26.6. The molecule has 8 heteroatoms. The van der Waals surface area contributed by atoms with Crippen molar-refractivity contribution in [3.8, 4) is 11.5 Å². The van der Waals surface area contributed by atoms with Gasteiger partial charge in [-0.15, -0.1) is 11.3 Å². The molecule has 0 saturated carbocycles. The Morgan fingerprint density at radius 1 is 1.06 bits per heavy atom. The average Bonchev–Trinajstić information content (AvgIpc) is 3.23. The summed E-state index contributed by atoms with van der Waals surface area (Å²) >= 11 is 1.70. The van der Waals surface area contributed by atoms with E-state index in [1.165, 1.54) is 16.9 Å². The summed E-state index contributed by atoms with van der Waals surface area (Å²) in [5, 5.41) is 10.3. The number of para-hydroxylation sites is 1. The molecule has 3 N–H and O–H groups in total. The maximum Gasteiger partial charge on any atom is 0.262 e. The summed E-state index contributed by atoms with van der Waals surface area (Å²) in [6, 6.07) is 14.7. The third kappa shape index (κ3) is 4.59. The fraction of sp³-hybridized carbons (Fsp3) is 0.308. The zero-order valence-electron chi connectivity index (χ0n) is 19.0. The molecule has 0 spiro atoms. The van der Waals surface area contributed by atoms with E-state index in [0.29, 0.717) is 23.8 Å². The van der Waals surface area contributed by atoms with Gasteiger partial charge in [-0.3, -0.25) is 9.59 Å². The summed E-state index contributed by atoms with van der Waals surface area (Å²) < 4.78 is 11.5. The van der Waals surface area contributed by atoms with Crippen molar-refractivity contribution < 1.29 is 19.1 Å². The second-order valence-electron chi connectivity index (χ2n) is 8.31. The number of hydrogen-bond donors (Lipinski definition) is 3. The Morgan fingerprint density at radius 3 is 2.71 bits per heavy atom. The molecule has 176 valence electrons. The lowest BCUT2D eigenvalue weighted by Gasteiger charge is -2.27. The van der Waals surface area contributed by atoms with Crippen LogP contribution in [-0.2, 0) is 17.6 Å². The van der Waals surface area contributed by atoms with Gasteiger partial charge in [-0.25, -0.2) is 0 Å². The van der Waals surface area contributed by atoms with Crippen LogP contribution in [0.3, 0.4) is 0 Å². The fourth-order valence-electron chi connectivity index (χ4n) is 4.40. The Morgan fingerprint density at radius 2 is 1.88 bits per heavy atom. The first-order chi connectivity index (χ1) is 16.6. The zero-order valence-corrected chi connectivity index (χ0v) is 19.8. The SMILES string of the molecule is CCOc1cc(C2NC(=O)c3c(sc4c3CCCC4)N2)ccc1OCC(=O)Nc1ccccc1. The Kier molecular flexibility index (Phi) is 6.40. The van der Waals surface area contributed by atoms with E-state index >= 15 is 0 Å². The molecule has 3 aromatic rings. The largest absolute Gasteiger partial charge is 0.490 e. The number of nitrogens with one attached hydrogen (secondary N) is 3. The average molecular weight is 478 g/mol. The first-order valence-corrected chi connectivity index (χ1v) is 12.4. The number of hydrogen-bond acceptors (Lipinski definition) is 6. The molecule has 2 aliphatic rings. The first-order valence-electron chi connectivity index (χ1n) is 11.6. The van der Waals surface area contributed by atoms with Crippen LogP contribution in [-0.4, -0.2) is 25.0 Å². The lowest BCUT2D eigenvalue weighted by atomic mass is 9.94. The van der Waals surface area contributed by atoms with Gasteiger partial charge in [0.05, 0.1) is 12.2 Å². The van der Waals surface area contributed by atoms with Crippen LogP contribution in [0.15, 0.2) is 48.5 Å². The van der Waals surface area contributed by atoms with E-state index in [4.69, 9.17) is 9.47 Å². The van der Waals surface area contributed by atoms with Gasteiger partial charge in [-0.05, 0) is 68.0 Å². The number of carbonyl (C=O) groups is 2. The molecule has 34 heavy (non-hydrogen) atoms. The lowest BCUT2D eigenvalue weighted by molar-refractivity contribution is -0.118. The highest BCUT2D eigenvalue weighted by atomic mass is 32.1. The lowest BCUT2D eigenvalue weighted by Crippen LogP contribution is -2.38.